The summed E-state index contributed by atoms with van der Waals surface area (Å²) in [6.07, 6.45) is 16.1. The van der Waals surface area contributed by atoms with Gasteiger partial charge < -0.3 is 12.4 Å². The van der Waals surface area contributed by atoms with E-state index in [0.717, 1.165) is 6.54 Å². The monoisotopic (exact) mass is 314 g/mol. The van der Waals surface area contributed by atoms with E-state index in [9.17, 15) is 0 Å². The molecule has 0 aromatic rings. The maximum Gasteiger partial charge on any atom is 0.248 e. The summed E-state index contributed by atoms with van der Waals surface area (Å²) >= 11 is 0. The number of nitrogens with zero attached hydrogens (tertiary/aromatic N) is 2. The maximum absolute atomic E-state index is 3.86. The Morgan fingerprint density at radius 2 is 1.52 bits per heavy atom. The zero-order valence-corrected chi connectivity index (χ0v) is 15.0. The zero-order chi connectivity index (χ0) is 14.6. The van der Waals surface area contributed by atoms with Gasteiger partial charge in [0.15, 0.2) is 0 Å². The predicted octanol–water partition coefficient (Wildman–Crippen LogP) is 1.80. The van der Waals surface area contributed by atoms with E-state index in [-0.39, 0.29) is 12.4 Å². The summed E-state index contributed by atoms with van der Waals surface area (Å²) in [6, 6.07) is 0. The predicted molar refractivity (Wildman–Crippen MR) is 89.4 cm³/mol. The molecule has 0 aromatic heterocycles. The first kappa shape index (κ1) is 20.5. The fourth-order valence-corrected chi connectivity index (χ4v) is 3.02. The van der Waals surface area contributed by atoms with E-state index in [1.165, 1.54) is 83.1 Å². The topological polar surface area (TPSA) is 6.25 Å². The number of hydrogen-bond acceptors (Lipinski definition) is 1. The van der Waals surface area contributed by atoms with Crippen molar-refractivity contribution in [3.8, 4) is 0 Å². The quantitative estimate of drug-likeness (QED) is 0.393. The molecule has 0 amide bonds. The van der Waals surface area contributed by atoms with Crippen LogP contribution in [0.1, 0.15) is 78.1 Å². The van der Waals surface area contributed by atoms with Gasteiger partial charge in [0.2, 0.25) is 5.84 Å². The number of rotatable bonds is 12. The van der Waals surface area contributed by atoms with Crippen LogP contribution in [0.5, 0.6) is 0 Å². The highest BCUT2D eigenvalue weighted by molar-refractivity contribution is 5.76. The van der Waals surface area contributed by atoms with Gasteiger partial charge in [-0.3, -0.25) is 4.58 Å². The van der Waals surface area contributed by atoms with Crippen LogP contribution >= 0.6 is 0 Å². The molecule has 1 rings (SSSR count). The van der Waals surface area contributed by atoms with Crippen molar-refractivity contribution in [2.45, 2.75) is 78.1 Å². The van der Waals surface area contributed by atoms with Crippen LogP contribution in [0.2, 0.25) is 0 Å². The van der Waals surface area contributed by atoms with Gasteiger partial charge in [-0.15, -0.1) is 0 Å². The molecule has 0 spiro atoms. The van der Waals surface area contributed by atoms with Gasteiger partial charge in [-0.2, -0.15) is 0 Å². The lowest BCUT2D eigenvalue weighted by Crippen LogP contribution is -3.00. The number of halogens is 1. The number of hydrogen-bond donors (Lipinski definition) is 0. The van der Waals surface area contributed by atoms with Crippen LogP contribution < -0.4 is 12.4 Å². The molecule has 1 aliphatic heterocycles. The lowest BCUT2D eigenvalue weighted by atomic mass is 10.1. The summed E-state index contributed by atoms with van der Waals surface area (Å²) in [5.74, 6) is 1.39. The van der Waals surface area contributed by atoms with Crippen LogP contribution in [0.15, 0.2) is 12.8 Å². The van der Waals surface area contributed by atoms with Crippen LogP contribution in [-0.4, -0.2) is 34.9 Å². The van der Waals surface area contributed by atoms with Gasteiger partial charge in [0.05, 0.1) is 12.7 Å². The third kappa shape index (κ3) is 8.50. The van der Waals surface area contributed by atoms with Crippen molar-refractivity contribution < 1.29 is 17.0 Å². The molecule has 0 saturated carbocycles. The first-order chi connectivity index (χ1) is 9.79. The summed E-state index contributed by atoms with van der Waals surface area (Å²) < 4.78 is 2.51. The van der Waals surface area contributed by atoms with Gasteiger partial charge in [0.1, 0.15) is 13.1 Å². The highest BCUT2D eigenvalue weighted by atomic mass is 35.5. The molecule has 1 aliphatic rings. The highest BCUT2D eigenvalue weighted by Gasteiger charge is 2.23. The van der Waals surface area contributed by atoms with Crippen LogP contribution in [0.3, 0.4) is 0 Å². The van der Waals surface area contributed by atoms with Gasteiger partial charge in [0, 0.05) is 6.92 Å². The minimum atomic E-state index is 0. The van der Waals surface area contributed by atoms with Crippen molar-refractivity contribution in [2.24, 2.45) is 0 Å². The minimum Gasteiger partial charge on any atom is -1.00 e. The standard InChI is InChI=1S/C18H35N2.ClH/c1-4-6-7-8-9-10-11-12-13-14-15-20-17-16-19(5-2)18(20)3;/h5H,2,4,6-17H2,1,3H3;1H/q+1;/p-1. The second-order valence-electron chi connectivity index (χ2n) is 6.09. The molecule has 0 atom stereocenters. The van der Waals surface area contributed by atoms with Gasteiger partial charge in [-0.05, 0) is 12.8 Å². The van der Waals surface area contributed by atoms with Crippen molar-refractivity contribution in [3.63, 3.8) is 0 Å². The molecular weight excluding hydrogens is 280 g/mol. The Bertz CT molecular complexity index is 300. The first-order valence-electron chi connectivity index (χ1n) is 8.77. The molecule has 0 N–H and O–H groups in total. The molecule has 0 aliphatic carbocycles. The lowest BCUT2D eigenvalue weighted by Gasteiger charge is -2.04. The van der Waals surface area contributed by atoms with Crippen molar-refractivity contribution >= 4 is 5.84 Å². The Morgan fingerprint density at radius 1 is 1.00 bits per heavy atom. The van der Waals surface area contributed by atoms with Crippen LogP contribution in [0.25, 0.3) is 0 Å². The van der Waals surface area contributed by atoms with E-state index in [0.29, 0.717) is 0 Å². The minimum absolute atomic E-state index is 0. The Balaban J connectivity index is 0.00000400. The van der Waals surface area contributed by atoms with Crippen LogP contribution in [0, 0.1) is 0 Å². The van der Waals surface area contributed by atoms with Gasteiger partial charge in [0.25, 0.3) is 0 Å². The Hall–Kier alpha value is -0.500. The first-order valence-corrected chi connectivity index (χ1v) is 8.77. The van der Waals surface area contributed by atoms with Gasteiger partial charge in [-0.1, -0.05) is 64.9 Å². The lowest BCUT2D eigenvalue weighted by molar-refractivity contribution is -0.519. The van der Waals surface area contributed by atoms with E-state index in [1.807, 2.05) is 6.20 Å². The van der Waals surface area contributed by atoms with Crippen molar-refractivity contribution in [1.82, 2.24) is 4.90 Å². The van der Waals surface area contributed by atoms with E-state index in [2.05, 4.69) is 29.9 Å². The third-order valence-electron chi connectivity index (χ3n) is 4.49. The Labute approximate surface area is 138 Å². The van der Waals surface area contributed by atoms with Crippen molar-refractivity contribution in [2.75, 3.05) is 19.6 Å². The van der Waals surface area contributed by atoms with Crippen molar-refractivity contribution in [1.29, 1.82) is 0 Å². The molecule has 1 heterocycles. The van der Waals surface area contributed by atoms with E-state index in [1.54, 1.807) is 0 Å². The zero-order valence-electron chi connectivity index (χ0n) is 14.2. The summed E-state index contributed by atoms with van der Waals surface area (Å²) in [6.45, 7) is 11.9. The van der Waals surface area contributed by atoms with Gasteiger partial charge >= 0.3 is 0 Å². The normalized spacial score (nSPS) is 14.5. The fraction of sp³-hybridized carbons (Fsp3) is 0.833. The molecule has 0 saturated heterocycles. The summed E-state index contributed by atoms with van der Waals surface area (Å²) in [7, 11) is 0. The van der Waals surface area contributed by atoms with E-state index in [4.69, 9.17) is 0 Å². The molecule has 0 aromatic carbocycles. The van der Waals surface area contributed by atoms with Crippen molar-refractivity contribution in [3.05, 3.63) is 12.8 Å². The Morgan fingerprint density at radius 3 is 2.00 bits per heavy atom. The molecular formula is C18H35ClN2. The molecule has 0 bridgehead atoms. The van der Waals surface area contributed by atoms with E-state index < -0.39 is 0 Å². The second kappa shape index (κ2) is 13.2. The molecule has 0 radical (unpaired) electrons. The van der Waals surface area contributed by atoms with E-state index >= 15 is 0 Å². The molecule has 3 heteroatoms. The molecule has 21 heavy (non-hydrogen) atoms. The third-order valence-corrected chi connectivity index (χ3v) is 4.49. The molecule has 2 nitrogen and oxygen atoms in total. The van der Waals surface area contributed by atoms with Crippen LogP contribution in [-0.2, 0) is 0 Å². The number of amidine groups is 1. The summed E-state index contributed by atoms with van der Waals surface area (Å²) in [5.41, 5.74) is 0. The summed E-state index contributed by atoms with van der Waals surface area (Å²) in [4.78, 5) is 2.26. The SMILES string of the molecule is C=CN1CC[N+](CCCCCCCCCCCC)=C1C.[Cl-]. The average molecular weight is 315 g/mol. The largest absolute Gasteiger partial charge is 1.00 e. The highest BCUT2D eigenvalue weighted by Crippen LogP contribution is 2.11. The van der Waals surface area contributed by atoms with Gasteiger partial charge in [-0.25, -0.2) is 4.90 Å². The smallest absolute Gasteiger partial charge is 0.248 e. The second-order valence-corrected chi connectivity index (χ2v) is 6.09. The number of unbranched alkanes of at least 4 members (excludes halogenated alkanes) is 9. The maximum atomic E-state index is 3.86. The Kier molecular flexibility index (Phi) is 12.9. The molecule has 0 unspecified atom stereocenters. The fourth-order valence-electron chi connectivity index (χ4n) is 3.02. The average Bonchev–Trinajstić information content (AvgIpc) is 2.81. The molecule has 124 valence electrons. The summed E-state index contributed by atoms with van der Waals surface area (Å²) in [5, 5.41) is 0. The molecule has 0 fully saturated rings. The van der Waals surface area contributed by atoms with Crippen LogP contribution in [0.4, 0.5) is 0 Å².